The molecule has 0 atom stereocenters. The number of benzene rings is 1. The summed E-state index contributed by atoms with van der Waals surface area (Å²) >= 11 is 0. The van der Waals surface area contributed by atoms with Gasteiger partial charge in [0.05, 0.1) is 12.2 Å². The molecule has 36 heavy (non-hydrogen) atoms. The molecule has 0 saturated heterocycles. The highest BCUT2D eigenvalue weighted by Gasteiger charge is 2.25. The number of hydrogen-bond acceptors (Lipinski definition) is 5. The average molecular weight is 495 g/mol. The van der Waals surface area contributed by atoms with Crippen LogP contribution in [0.25, 0.3) is 0 Å². The van der Waals surface area contributed by atoms with Gasteiger partial charge >= 0.3 is 5.69 Å². The molecular weight excluding hydrogens is 456 g/mol. The fourth-order valence-corrected chi connectivity index (χ4v) is 4.42. The van der Waals surface area contributed by atoms with Crippen LogP contribution in [0.15, 0.2) is 39.9 Å². The van der Waals surface area contributed by atoms with E-state index in [-0.39, 0.29) is 30.4 Å². The Morgan fingerprint density at radius 2 is 1.86 bits per heavy atom. The predicted molar refractivity (Wildman–Crippen MR) is 143 cm³/mol. The van der Waals surface area contributed by atoms with Crippen molar-refractivity contribution in [3.8, 4) is 0 Å². The van der Waals surface area contributed by atoms with Crippen LogP contribution >= 0.6 is 0 Å². The highest BCUT2D eigenvalue weighted by atomic mass is 16.2. The second kappa shape index (κ2) is 11.9. The highest BCUT2D eigenvalue weighted by Crippen LogP contribution is 2.23. The molecule has 0 unspecified atom stereocenters. The minimum Gasteiger partial charge on any atom is -0.383 e. The molecule has 3 N–H and O–H groups in total. The monoisotopic (exact) mass is 494 g/mol. The molecule has 0 spiro atoms. The van der Waals surface area contributed by atoms with Gasteiger partial charge in [0, 0.05) is 25.2 Å². The lowest BCUT2D eigenvalue weighted by Gasteiger charge is -2.25. The molecule has 0 radical (unpaired) electrons. The van der Waals surface area contributed by atoms with Crippen LogP contribution in [-0.4, -0.2) is 25.2 Å². The number of carbonyl (C=O) groups excluding carboxylic acids is 1. The Labute approximate surface area is 211 Å². The zero-order valence-electron chi connectivity index (χ0n) is 22.0. The van der Waals surface area contributed by atoms with Crippen LogP contribution < -0.4 is 21.9 Å². The van der Waals surface area contributed by atoms with Crippen molar-refractivity contribution >= 4 is 17.4 Å². The number of nitrogens with zero attached hydrogens (tertiary/aromatic N) is 4. The zero-order valence-corrected chi connectivity index (χ0v) is 22.0. The van der Waals surface area contributed by atoms with E-state index in [0.29, 0.717) is 18.9 Å². The number of amides is 1. The van der Waals surface area contributed by atoms with E-state index in [1.54, 1.807) is 0 Å². The molecule has 194 valence electrons. The summed E-state index contributed by atoms with van der Waals surface area (Å²) in [6.07, 6.45) is 2.25. The van der Waals surface area contributed by atoms with Crippen LogP contribution in [0.5, 0.6) is 0 Å². The largest absolute Gasteiger partial charge is 0.383 e. The van der Waals surface area contributed by atoms with Gasteiger partial charge in [-0.25, -0.2) is 4.79 Å². The van der Waals surface area contributed by atoms with Gasteiger partial charge in [0.15, 0.2) is 5.69 Å². The van der Waals surface area contributed by atoms with Crippen molar-refractivity contribution < 1.29 is 4.79 Å². The van der Waals surface area contributed by atoms with Crippen LogP contribution in [0, 0.1) is 19.8 Å². The number of hydrogen-bond donors (Lipinski definition) is 2. The first-order valence-electron chi connectivity index (χ1n) is 12.6. The number of unbranched alkanes of at least 4 members (excludes halogenated alkanes) is 1. The number of carbonyl (C=O) groups is 1. The van der Waals surface area contributed by atoms with Crippen molar-refractivity contribution in [1.82, 2.24) is 19.3 Å². The number of nitrogen functional groups attached to an aromatic ring is 1. The van der Waals surface area contributed by atoms with E-state index in [1.807, 2.05) is 55.8 Å². The van der Waals surface area contributed by atoms with Gasteiger partial charge in [-0.1, -0.05) is 57.5 Å². The number of anilines is 2. The van der Waals surface area contributed by atoms with Crippen molar-refractivity contribution in [3.05, 3.63) is 73.7 Å². The molecule has 3 rings (SSSR count). The van der Waals surface area contributed by atoms with Crippen LogP contribution in [-0.2, 0) is 30.8 Å². The second-order valence-electron chi connectivity index (χ2n) is 9.69. The lowest BCUT2D eigenvalue weighted by Crippen LogP contribution is -2.41. The van der Waals surface area contributed by atoms with E-state index in [0.717, 1.165) is 41.9 Å². The van der Waals surface area contributed by atoms with Gasteiger partial charge < -0.3 is 10.6 Å². The quantitative estimate of drug-likeness (QED) is 0.422. The number of aromatic nitrogens is 4. The summed E-state index contributed by atoms with van der Waals surface area (Å²) in [5.41, 5.74) is 9.00. The Hall–Kier alpha value is -3.62. The standard InChI is InChI=1S/C27H38N6O3/c1-6-7-15-31-25(28)24(26(35)29-27(31)36)32(17-21-11-9-8-10-12-21)23(34)14-13-22-19(4)30-33(20(22)5)16-18(2)3/h8-12,18H,6-7,13-17,28H2,1-5H3,(H,29,35,36). The van der Waals surface area contributed by atoms with Gasteiger partial charge in [0.2, 0.25) is 5.91 Å². The van der Waals surface area contributed by atoms with E-state index >= 15 is 0 Å². The zero-order chi connectivity index (χ0) is 26.4. The SMILES string of the molecule is CCCCn1c(N)c(N(Cc2ccccc2)C(=O)CCc2c(C)nn(CC(C)C)c2C)c(=O)[nH]c1=O. The number of rotatable bonds is 11. The van der Waals surface area contributed by atoms with Crippen molar-refractivity contribution in [3.63, 3.8) is 0 Å². The Balaban J connectivity index is 1.97. The summed E-state index contributed by atoms with van der Waals surface area (Å²) in [6, 6.07) is 9.43. The van der Waals surface area contributed by atoms with E-state index < -0.39 is 11.2 Å². The molecule has 9 nitrogen and oxygen atoms in total. The fourth-order valence-electron chi connectivity index (χ4n) is 4.42. The molecule has 0 saturated carbocycles. The van der Waals surface area contributed by atoms with Gasteiger partial charge in [-0.15, -0.1) is 0 Å². The molecule has 0 fully saturated rings. The second-order valence-corrected chi connectivity index (χ2v) is 9.69. The maximum Gasteiger partial charge on any atom is 0.330 e. The number of H-pyrrole nitrogens is 1. The van der Waals surface area contributed by atoms with Gasteiger partial charge in [-0.3, -0.25) is 23.8 Å². The lowest BCUT2D eigenvalue weighted by atomic mass is 10.1. The van der Waals surface area contributed by atoms with E-state index in [2.05, 4.69) is 23.9 Å². The summed E-state index contributed by atoms with van der Waals surface area (Å²) < 4.78 is 3.34. The van der Waals surface area contributed by atoms with Crippen LogP contribution in [0.2, 0.25) is 0 Å². The first kappa shape index (κ1) is 27.0. The molecule has 0 aliphatic rings. The maximum atomic E-state index is 13.6. The van der Waals surface area contributed by atoms with Crippen molar-refractivity contribution in [2.75, 3.05) is 10.6 Å². The van der Waals surface area contributed by atoms with Gasteiger partial charge in [0.25, 0.3) is 5.56 Å². The lowest BCUT2D eigenvalue weighted by molar-refractivity contribution is -0.118. The van der Waals surface area contributed by atoms with Gasteiger partial charge in [-0.05, 0) is 43.7 Å². The number of aromatic amines is 1. The smallest absolute Gasteiger partial charge is 0.330 e. The minimum absolute atomic E-state index is 0.0126. The summed E-state index contributed by atoms with van der Waals surface area (Å²) in [4.78, 5) is 42.8. The molecule has 3 aromatic rings. The molecule has 1 amide bonds. The molecular formula is C27H38N6O3. The molecule has 2 aromatic heterocycles. The molecule has 0 aliphatic heterocycles. The summed E-state index contributed by atoms with van der Waals surface area (Å²) in [7, 11) is 0. The third-order valence-corrected chi connectivity index (χ3v) is 6.36. The molecule has 0 aliphatic carbocycles. The van der Waals surface area contributed by atoms with Gasteiger partial charge in [0.1, 0.15) is 5.82 Å². The maximum absolute atomic E-state index is 13.6. The van der Waals surface area contributed by atoms with Gasteiger partial charge in [-0.2, -0.15) is 5.10 Å². The number of aryl methyl sites for hydroxylation is 1. The Kier molecular flexibility index (Phi) is 8.90. The van der Waals surface area contributed by atoms with Crippen LogP contribution in [0.3, 0.4) is 0 Å². The summed E-state index contributed by atoms with van der Waals surface area (Å²) in [5, 5.41) is 4.66. The van der Waals surface area contributed by atoms with E-state index in [9.17, 15) is 14.4 Å². The fraction of sp³-hybridized carbons (Fsp3) is 0.481. The van der Waals surface area contributed by atoms with E-state index in [4.69, 9.17) is 5.73 Å². The summed E-state index contributed by atoms with van der Waals surface area (Å²) in [6.45, 7) is 11.6. The molecule has 9 heteroatoms. The number of nitrogens with one attached hydrogen (secondary N) is 1. The molecule has 1 aromatic carbocycles. The Bertz CT molecular complexity index is 1300. The first-order valence-corrected chi connectivity index (χ1v) is 12.6. The average Bonchev–Trinajstić information content (AvgIpc) is 3.08. The molecule has 2 heterocycles. The highest BCUT2D eigenvalue weighted by molar-refractivity contribution is 5.95. The summed E-state index contributed by atoms with van der Waals surface area (Å²) in [5.74, 6) is 0.225. The number of nitrogens with two attached hydrogens (primary N) is 1. The molecule has 0 bridgehead atoms. The van der Waals surface area contributed by atoms with Crippen molar-refractivity contribution in [2.45, 2.75) is 79.9 Å². The normalized spacial score (nSPS) is 11.3. The van der Waals surface area contributed by atoms with Crippen LogP contribution in [0.4, 0.5) is 11.5 Å². The minimum atomic E-state index is -0.661. The third kappa shape index (κ3) is 6.13. The predicted octanol–water partition coefficient (Wildman–Crippen LogP) is 3.55. The first-order chi connectivity index (χ1) is 17.1. The van der Waals surface area contributed by atoms with E-state index in [1.165, 1.54) is 9.47 Å². The van der Waals surface area contributed by atoms with Crippen molar-refractivity contribution in [1.29, 1.82) is 0 Å². The van der Waals surface area contributed by atoms with Crippen molar-refractivity contribution in [2.24, 2.45) is 5.92 Å². The third-order valence-electron chi connectivity index (χ3n) is 6.36. The van der Waals surface area contributed by atoms with Crippen LogP contribution in [0.1, 0.15) is 62.5 Å². The topological polar surface area (TPSA) is 119 Å². The Morgan fingerprint density at radius 3 is 2.50 bits per heavy atom. The Morgan fingerprint density at radius 1 is 1.17 bits per heavy atom.